The SMILES string of the molecule is CC(C)NCC1(CN2CCCc3ccccc32)CCOC1. The van der Waals surface area contributed by atoms with E-state index in [1.165, 1.54) is 37.1 Å². The van der Waals surface area contributed by atoms with Gasteiger partial charge < -0.3 is 15.0 Å². The Morgan fingerprint density at radius 2 is 2.19 bits per heavy atom. The van der Waals surface area contributed by atoms with E-state index in [0.717, 1.165) is 26.3 Å². The van der Waals surface area contributed by atoms with Crippen molar-refractivity contribution in [2.24, 2.45) is 5.41 Å². The van der Waals surface area contributed by atoms with Gasteiger partial charge in [-0.3, -0.25) is 0 Å². The number of nitrogens with zero attached hydrogens (tertiary/aromatic N) is 1. The summed E-state index contributed by atoms with van der Waals surface area (Å²) in [5.74, 6) is 0. The van der Waals surface area contributed by atoms with Crippen molar-refractivity contribution >= 4 is 5.69 Å². The van der Waals surface area contributed by atoms with Gasteiger partial charge >= 0.3 is 0 Å². The number of ether oxygens (including phenoxy) is 1. The van der Waals surface area contributed by atoms with Crippen molar-refractivity contribution in [3.63, 3.8) is 0 Å². The predicted molar refractivity (Wildman–Crippen MR) is 88.0 cm³/mol. The molecule has 1 aromatic rings. The molecule has 2 aliphatic heterocycles. The van der Waals surface area contributed by atoms with Crippen LogP contribution in [0.15, 0.2) is 24.3 Å². The second-order valence-corrected chi connectivity index (χ2v) is 6.99. The summed E-state index contributed by atoms with van der Waals surface area (Å²) in [7, 11) is 0. The molecule has 0 spiro atoms. The molecule has 3 rings (SSSR count). The van der Waals surface area contributed by atoms with Crippen molar-refractivity contribution in [1.82, 2.24) is 5.32 Å². The Morgan fingerprint density at radius 1 is 1.33 bits per heavy atom. The summed E-state index contributed by atoms with van der Waals surface area (Å²) in [6, 6.07) is 9.44. The molecule has 2 aliphatic rings. The van der Waals surface area contributed by atoms with E-state index in [2.05, 4.69) is 48.3 Å². The van der Waals surface area contributed by atoms with Crippen LogP contribution >= 0.6 is 0 Å². The molecule has 0 saturated carbocycles. The van der Waals surface area contributed by atoms with Crippen molar-refractivity contribution in [3.05, 3.63) is 29.8 Å². The Hall–Kier alpha value is -1.06. The Labute approximate surface area is 128 Å². The summed E-state index contributed by atoms with van der Waals surface area (Å²) >= 11 is 0. The zero-order valence-corrected chi connectivity index (χ0v) is 13.4. The molecule has 0 amide bonds. The van der Waals surface area contributed by atoms with Gasteiger partial charge in [0.1, 0.15) is 0 Å². The lowest BCUT2D eigenvalue weighted by Crippen LogP contribution is -2.47. The molecule has 3 heteroatoms. The highest BCUT2D eigenvalue weighted by molar-refractivity contribution is 5.55. The fourth-order valence-electron chi connectivity index (χ4n) is 3.57. The van der Waals surface area contributed by atoms with Crippen LogP contribution in [0.3, 0.4) is 0 Å². The Balaban J connectivity index is 1.74. The van der Waals surface area contributed by atoms with Crippen molar-refractivity contribution in [2.45, 2.75) is 39.2 Å². The molecular formula is C18H28N2O. The zero-order chi connectivity index (χ0) is 14.7. The first kappa shape index (κ1) is 14.9. The molecule has 0 bridgehead atoms. The largest absolute Gasteiger partial charge is 0.381 e. The second-order valence-electron chi connectivity index (χ2n) is 6.99. The molecule has 1 N–H and O–H groups in total. The number of aryl methyl sites for hydroxylation is 1. The third kappa shape index (κ3) is 3.41. The highest BCUT2D eigenvalue weighted by Crippen LogP contribution is 2.34. The molecule has 1 saturated heterocycles. The lowest BCUT2D eigenvalue weighted by Gasteiger charge is -2.39. The Bertz CT molecular complexity index is 466. The standard InChI is InChI=1S/C18H28N2O/c1-15(2)19-12-18(9-11-21-14-18)13-20-10-5-7-16-6-3-4-8-17(16)20/h3-4,6,8,15,19H,5,7,9-14H2,1-2H3. The number of nitrogens with one attached hydrogen (secondary N) is 1. The van der Waals surface area contributed by atoms with Gasteiger partial charge in [-0.1, -0.05) is 32.0 Å². The third-order valence-corrected chi connectivity index (χ3v) is 4.80. The number of rotatable bonds is 5. The van der Waals surface area contributed by atoms with Crippen LogP contribution in [0.2, 0.25) is 0 Å². The smallest absolute Gasteiger partial charge is 0.0552 e. The highest BCUT2D eigenvalue weighted by Gasteiger charge is 2.37. The molecule has 0 aliphatic carbocycles. The fraction of sp³-hybridized carbons (Fsp3) is 0.667. The van der Waals surface area contributed by atoms with Gasteiger partial charge in [0.2, 0.25) is 0 Å². The van der Waals surface area contributed by atoms with Gasteiger partial charge in [0, 0.05) is 43.4 Å². The van der Waals surface area contributed by atoms with Gasteiger partial charge in [-0.2, -0.15) is 0 Å². The van der Waals surface area contributed by atoms with Crippen LogP contribution < -0.4 is 10.2 Å². The number of hydrogen-bond donors (Lipinski definition) is 1. The lowest BCUT2D eigenvalue weighted by atomic mass is 9.85. The molecule has 3 nitrogen and oxygen atoms in total. The summed E-state index contributed by atoms with van der Waals surface area (Å²) in [6.45, 7) is 9.60. The number of benzene rings is 1. The number of anilines is 1. The summed E-state index contributed by atoms with van der Waals surface area (Å²) in [4.78, 5) is 2.59. The normalized spacial score (nSPS) is 25.4. The summed E-state index contributed by atoms with van der Waals surface area (Å²) in [5.41, 5.74) is 3.23. The molecule has 1 atom stereocenters. The molecule has 1 aromatic carbocycles. The van der Waals surface area contributed by atoms with E-state index >= 15 is 0 Å². The van der Waals surface area contributed by atoms with E-state index in [-0.39, 0.29) is 5.41 Å². The molecule has 1 unspecified atom stereocenters. The van der Waals surface area contributed by atoms with Gasteiger partial charge in [-0.25, -0.2) is 0 Å². The van der Waals surface area contributed by atoms with Gasteiger partial charge in [-0.05, 0) is 30.9 Å². The summed E-state index contributed by atoms with van der Waals surface area (Å²) in [5, 5.41) is 3.64. The monoisotopic (exact) mass is 288 g/mol. The van der Waals surface area contributed by atoms with Gasteiger partial charge in [0.25, 0.3) is 0 Å². The zero-order valence-electron chi connectivity index (χ0n) is 13.4. The fourth-order valence-corrected chi connectivity index (χ4v) is 3.57. The van der Waals surface area contributed by atoms with E-state index in [0.29, 0.717) is 6.04 Å². The highest BCUT2D eigenvalue weighted by atomic mass is 16.5. The van der Waals surface area contributed by atoms with Crippen molar-refractivity contribution in [1.29, 1.82) is 0 Å². The van der Waals surface area contributed by atoms with Crippen LogP contribution in [0.5, 0.6) is 0 Å². The maximum atomic E-state index is 5.76. The maximum absolute atomic E-state index is 5.76. The average molecular weight is 288 g/mol. The van der Waals surface area contributed by atoms with E-state index in [9.17, 15) is 0 Å². The number of hydrogen-bond acceptors (Lipinski definition) is 3. The van der Waals surface area contributed by atoms with Gasteiger partial charge in [-0.15, -0.1) is 0 Å². The minimum absolute atomic E-state index is 0.273. The quantitative estimate of drug-likeness (QED) is 0.901. The average Bonchev–Trinajstić information content (AvgIpc) is 2.95. The molecule has 0 radical (unpaired) electrons. The molecule has 116 valence electrons. The number of fused-ring (bicyclic) bond motifs is 1. The van der Waals surface area contributed by atoms with Crippen LogP contribution in [-0.4, -0.2) is 38.9 Å². The molecule has 2 heterocycles. The molecular weight excluding hydrogens is 260 g/mol. The first-order valence-electron chi connectivity index (χ1n) is 8.33. The summed E-state index contributed by atoms with van der Waals surface area (Å²) in [6.07, 6.45) is 3.66. The van der Waals surface area contributed by atoms with E-state index in [1.807, 2.05) is 0 Å². The van der Waals surface area contributed by atoms with Crippen LogP contribution in [-0.2, 0) is 11.2 Å². The Morgan fingerprint density at radius 3 is 2.95 bits per heavy atom. The second kappa shape index (κ2) is 6.37. The molecule has 21 heavy (non-hydrogen) atoms. The van der Waals surface area contributed by atoms with Crippen LogP contribution in [0.1, 0.15) is 32.3 Å². The Kier molecular flexibility index (Phi) is 4.51. The first-order chi connectivity index (χ1) is 10.2. The topological polar surface area (TPSA) is 24.5 Å². The van der Waals surface area contributed by atoms with Gasteiger partial charge in [0.15, 0.2) is 0 Å². The van der Waals surface area contributed by atoms with E-state index in [1.54, 1.807) is 0 Å². The van der Waals surface area contributed by atoms with Crippen LogP contribution in [0.4, 0.5) is 5.69 Å². The maximum Gasteiger partial charge on any atom is 0.0552 e. The molecule has 0 aromatic heterocycles. The van der Waals surface area contributed by atoms with Crippen molar-refractivity contribution in [2.75, 3.05) is 37.7 Å². The minimum Gasteiger partial charge on any atom is -0.381 e. The van der Waals surface area contributed by atoms with Crippen molar-refractivity contribution < 1.29 is 4.74 Å². The van der Waals surface area contributed by atoms with Crippen LogP contribution in [0, 0.1) is 5.41 Å². The van der Waals surface area contributed by atoms with E-state index < -0.39 is 0 Å². The van der Waals surface area contributed by atoms with Gasteiger partial charge in [0.05, 0.1) is 6.61 Å². The first-order valence-corrected chi connectivity index (χ1v) is 8.33. The number of para-hydroxylation sites is 1. The lowest BCUT2D eigenvalue weighted by molar-refractivity contribution is 0.150. The molecule has 1 fully saturated rings. The van der Waals surface area contributed by atoms with E-state index in [4.69, 9.17) is 4.74 Å². The third-order valence-electron chi connectivity index (χ3n) is 4.80. The predicted octanol–water partition coefficient (Wildman–Crippen LogP) is 2.84. The van der Waals surface area contributed by atoms with Crippen LogP contribution in [0.25, 0.3) is 0 Å². The van der Waals surface area contributed by atoms with Crippen molar-refractivity contribution in [3.8, 4) is 0 Å². The summed E-state index contributed by atoms with van der Waals surface area (Å²) < 4.78 is 5.76. The minimum atomic E-state index is 0.273.